The molecule has 6 rings (SSSR count). The number of allylic oxidation sites excluding steroid dienone is 3. The van der Waals surface area contributed by atoms with Crippen molar-refractivity contribution in [3.63, 3.8) is 0 Å². The van der Waals surface area contributed by atoms with E-state index in [0.29, 0.717) is 41.8 Å². The number of carbonyl (C=O) groups excluding carboxylic acids is 1. The lowest BCUT2D eigenvalue weighted by molar-refractivity contribution is -0.228. The van der Waals surface area contributed by atoms with E-state index in [1.807, 2.05) is 0 Å². The monoisotopic (exact) mass is 576 g/mol. The second-order valence-corrected chi connectivity index (χ2v) is 16.4. The summed E-state index contributed by atoms with van der Waals surface area (Å²) in [6, 6.07) is 4.82. The van der Waals surface area contributed by atoms with Crippen LogP contribution < -0.4 is 0 Å². The summed E-state index contributed by atoms with van der Waals surface area (Å²) in [7, 11) is 1.33. The molecule has 9 atom stereocenters. The molecule has 1 N–H and O–H groups in total. The molecular weight excluding hydrogens is 523 g/mol. The van der Waals surface area contributed by atoms with E-state index in [1.54, 1.807) is 12.1 Å². The number of methoxy groups -OCH3 is 1. The molecule has 5 aliphatic carbocycles. The van der Waals surface area contributed by atoms with E-state index in [-0.39, 0.29) is 38.5 Å². The van der Waals surface area contributed by atoms with Crippen LogP contribution in [0.4, 0.5) is 4.39 Å². The number of aliphatic hydroxyl groups is 1. The fourth-order valence-corrected chi connectivity index (χ4v) is 12.6. The van der Waals surface area contributed by atoms with Gasteiger partial charge in [0.25, 0.3) is 0 Å². The number of carbonyl (C=O) groups is 1. The second-order valence-electron chi connectivity index (χ2n) is 16.4. The first kappa shape index (κ1) is 30.1. The topological polar surface area (TPSA) is 46.5 Å². The largest absolute Gasteiger partial charge is 0.465 e. The Morgan fingerprint density at radius 3 is 2.38 bits per heavy atom. The SMILES string of the molecule is C=C(C)[C@@H]1CC[C@]2(CO)CC[C@]3(C)[C@H](CC[C@@H]4[C@@]5(C)CC=C(c6ccc(C(=O)OC)cc6F)C(C)(C)[C@@H]5CC[C@]43C)[C@@H]12. The third kappa shape index (κ3) is 3.81. The fourth-order valence-electron chi connectivity index (χ4n) is 12.6. The van der Waals surface area contributed by atoms with E-state index in [2.05, 4.69) is 54.2 Å². The number of fused-ring (bicyclic) bond motifs is 7. The highest BCUT2D eigenvalue weighted by Gasteiger charge is 2.70. The van der Waals surface area contributed by atoms with Gasteiger partial charge in [0, 0.05) is 12.2 Å². The Bertz CT molecular complexity index is 1330. The molecule has 230 valence electrons. The van der Waals surface area contributed by atoms with Gasteiger partial charge >= 0.3 is 5.97 Å². The Morgan fingerprint density at radius 1 is 1.00 bits per heavy atom. The molecule has 0 aromatic heterocycles. The lowest BCUT2D eigenvalue weighted by Gasteiger charge is -2.72. The van der Waals surface area contributed by atoms with Crippen LogP contribution >= 0.6 is 0 Å². The molecule has 4 fully saturated rings. The van der Waals surface area contributed by atoms with Crippen LogP contribution in [-0.2, 0) is 4.74 Å². The predicted octanol–water partition coefficient (Wildman–Crippen LogP) is 9.26. The molecule has 0 unspecified atom stereocenters. The number of hydrogen-bond acceptors (Lipinski definition) is 3. The molecule has 4 saturated carbocycles. The van der Waals surface area contributed by atoms with Crippen LogP contribution in [0.1, 0.15) is 115 Å². The summed E-state index contributed by atoms with van der Waals surface area (Å²) in [5.41, 5.74) is 3.80. The van der Waals surface area contributed by atoms with Crippen molar-refractivity contribution in [2.75, 3.05) is 13.7 Å². The number of hydrogen-bond donors (Lipinski definition) is 1. The smallest absolute Gasteiger partial charge is 0.337 e. The Kier molecular flexibility index (Phi) is 7.01. The number of rotatable bonds is 4. The van der Waals surface area contributed by atoms with Crippen LogP contribution in [0.3, 0.4) is 0 Å². The van der Waals surface area contributed by atoms with Gasteiger partial charge in [0.1, 0.15) is 5.82 Å². The summed E-state index contributed by atoms with van der Waals surface area (Å²) in [5.74, 6) is 1.94. The van der Waals surface area contributed by atoms with Gasteiger partial charge in [-0.1, -0.05) is 58.9 Å². The van der Waals surface area contributed by atoms with E-state index in [1.165, 1.54) is 50.9 Å². The van der Waals surface area contributed by atoms with Crippen molar-refractivity contribution in [1.82, 2.24) is 0 Å². The molecule has 3 nitrogen and oxygen atoms in total. The van der Waals surface area contributed by atoms with Crippen LogP contribution in [0.2, 0.25) is 0 Å². The number of ether oxygens (including phenoxy) is 1. The number of aliphatic hydroxyl groups excluding tert-OH is 1. The minimum absolute atomic E-state index is 0.0794. The summed E-state index contributed by atoms with van der Waals surface area (Å²) >= 11 is 0. The molecule has 0 heterocycles. The zero-order valence-electron chi connectivity index (χ0n) is 27.1. The molecule has 1 aromatic rings. The fraction of sp³-hybridized carbons (Fsp3) is 0.711. The van der Waals surface area contributed by atoms with Gasteiger partial charge in [-0.05, 0) is 139 Å². The van der Waals surface area contributed by atoms with Crippen LogP contribution in [0.15, 0.2) is 36.4 Å². The predicted molar refractivity (Wildman–Crippen MR) is 167 cm³/mol. The molecule has 0 bridgehead atoms. The first-order chi connectivity index (χ1) is 19.7. The highest BCUT2D eigenvalue weighted by molar-refractivity contribution is 5.90. The van der Waals surface area contributed by atoms with Crippen molar-refractivity contribution in [1.29, 1.82) is 0 Å². The van der Waals surface area contributed by atoms with Crippen LogP contribution in [0, 0.1) is 62.5 Å². The average Bonchev–Trinajstić information content (AvgIpc) is 3.34. The van der Waals surface area contributed by atoms with Crippen LogP contribution in [-0.4, -0.2) is 24.8 Å². The first-order valence-corrected chi connectivity index (χ1v) is 16.6. The van der Waals surface area contributed by atoms with E-state index < -0.39 is 5.97 Å². The Hall–Kier alpha value is -1.94. The van der Waals surface area contributed by atoms with Gasteiger partial charge in [-0.3, -0.25) is 0 Å². The van der Waals surface area contributed by atoms with Crippen molar-refractivity contribution in [3.05, 3.63) is 53.4 Å². The molecule has 4 heteroatoms. The van der Waals surface area contributed by atoms with Crippen molar-refractivity contribution in [2.24, 2.45) is 56.7 Å². The third-order valence-corrected chi connectivity index (χ3v) is 14.8. The zero-order chi connectivity index (χ0) is 30.5. The number of benzene rings is 1. The first-order valence-electron chi connectivity index (χ1n) is 16.6. The number of halogens is 1. The maximum Gasteiger partial charge on any atom is 0.337 e. The molecule has 0 spiro atoms. The summed E-state index contributed by atoms with van der Waals surface area (Å²) in [4.78, 5) is 12.0. The van der Waals surface area contributed by atoms with Crippen molar-refractivity contribution < 1.29 is 19.0 Å². The minimum atomic E-state index is -0.508. The van der Waals surface area contributed by atoms with E-state index in [9.17, 15) is 9.90 Å². The molecule has 0 amide bonds. The van der Waals surface area contributed by atoms with Gasteiger partial charge in [0.2, 0.25) is 0 Å². The summed E-state index contributed by atoms with van der Waals surface area (Å²) < 4.78 is 20.4. The summed E-state index contributed by atoms with van der Waals surface area (Å²) in [5, 5.41) is 10.8. The molecule has 0 aliphatic heterocycles. The van der Waals surface area contributed by atoms with Crippen LogP contribution in [0.25, 0.3) is 5.57 Å². The van der Waals surface area contributed by atoms with Gasteiger partial charge in [-0.15, -0.1) is 0 Å². The summed E-state index contributed by atoms with van der Waals surface area (Å²) in [6.45, 7) is 19.5. The maximum atomic E-state index is 15.5. The van der Waals surface area contributed by atoms with Gasteiger partial charge in [-0.2, -0.15) is 0 Å². The number of esters is 1. The molecular formula is C38H53FO3. The van der Waals surface area contributed by atoms with Crippen molar-refractivity contribution in [2.45, 2.75) is 99.3 Å². The average molecular weight is 577 g/mol. The van der Waals surface area contributed by atoms with Crippen molar-refractivity contribution in [3.8, 4) is 0 Å². The molecule has 5 aliphatic rings. The lowest BCUT2D eigenvalue weighted by atomic mass is 9.32. The lowest BCUT2D eigenvalue weighted by Crippen LogP contribution is -2.65. The van der Waals surface area contributed by atoms with Crippen molar-refractivity contribution >= 4 is 11.5 Å². The van der Waals surface area contributed by atoms with E-state index in [0.717, 1.165) is 31.3 Å². The van der Waals surface area contributed by atoms with E-state index in [4.69, 9.17) is 4.74 Å². The molecule has 0 radical (unpaired) electrons. The van der Waals surface area contributed by atoms with Gasteiger partial charge in [0.15, 0.2) is 0 Å². The van der Waals surface area contributed by atoms with Crippen LogP contribution in [0.5, 0.6) is 0 Å². The van der Waals surface area contributed by atoms with Gasteiger partial charge < -0.3 is 9.84 Å². The quantitative estimate of drug-likeness (QED) is 0.287. The normalized spacial score (nSPS) is 43.7. The van der Waals surface area contributed by atoms with Gasteiger partial charge in [-0.25, -0.2) is 9.18 Å². The minimum Gasteiger partial charge on any atom is -0.465 e. The highest BCUT2D eigenvalue weighted by atomic mass is 19.1. The zero-order valence-corrected chi connectivity index (χ0v) is 27.1. The molecule has 1 aromatic carbocycles. The van der Waals surface area contributed by atoms with Gasteiger partial charge in [0.05, 0.1) is 12.7 Å². The Balaban J connectivity index is 1.36. The Labute approximate surface area is 253 Å². The second kappa shape index (κ2) is 9.78. The van der Waals surface area contributed by atoms with E-state index >= 15 is 4.39 Å². The summed E-state index contributed by atoms with van der Waals surface area (Å²) in [6.07, 6.45) is 12.9. The molecule has 42 heavy (non-hydrogen) atoms. The maximum absolute atomic E-state index is 15.5. The standard InChI is InChI=1S/C38H53FO3/c1-23(2)25-13-18-38(22-40)20-19-36(6)28(32(25)38)11-12-31-35(5)16-14-27(34(3,4)30(35)15-17-37(31,36)7)26-10-9-24(21-29(26)39)33(41)42-8/h9-10,14,21,25,28,30-32,40H,1,11-13,15-20,22H2,2-8H3/t25-,28+,30-,31+,32+,35-,36+,37+,38+/m0/s1. The third-order valence-electron chi connectivity index (χ3n) is 14.8. The highest BCUT2D eigenvalue weighted by Crippen LogP contribution is 2.77. The molecule has 0 saturated heterocycles. The Morgan fingerprint density at radius 2 is 1.74 bits per heavy atom.